The number of rotatable bonds is 10. The second kappa shape index (κ2) is 12.5. The maximum absolute atomic E-state index is 15.2. The fourth-order valence-electron chi connectivity index (χ4n) is 4.57. The summed E-state index contributed by atoms with van der Waals surface area (Å²) < 4.78 is 98.7. The summed E-state index contributed by atoms with van der Waals surface area (Å²) in [4.78, 5) is 0. The average molecular weight is 541 g/mol. The van der Waals surface area contributed by atoms with Crippen molar-refractivity contribution < 1.29 is 40.6 Å². The lowest BCUT2D eigenvalue weighted by molar-refractivity contribution is -0.230. The van der Waals surface area contributed by atoms with Gasteiger partial charge in [0.2, 0.25) is 0 Å². The first-order chi connectivity index (χ1) is 18.2. The van der Waals surface area contributed by atoms with Crippen molar-refractivity contribution in [3.63, 3.8) is 0 Å². The van der Waals surface area contributed by atoms with Gasteiger partial charge < -0.3 is 14.2 Å². The Bertz CT molecular complexity index is 1210. The van der Waals surface area contributed by atoms with E-state index in [9.17, 15) is 22.0 Å². The molecule has 206 valence electrons. The molecule has 0 amide bonds. The molecule has 1 aliphatic rings. The largest absolute Gasteiger partial charge is 0.422 e. The van der Waals surface area contributed by atoms with E-state index in [-0.39, 0.29) is 30.1 Å². The molecule has 1 saturated heterocycles. The average Bonchev–Trinajstić information content (AvgIpc) is 2.87. The molecule has 9 heteroatoms. The molecule has 1 fully saturated rings. The molecule has 3 nitrogen and oxygen atoms in total. The Kier molecular flexibility index (Phi) is 9.33. The highest BCUT2D eigenvalue weighted by Gasteiger charge is 2.37. The summed E-state index contributed by atoms with van der Waals surface area (Å²) in [5.74, 6) is -3.86. The van der Waals surface area contributed by atoms with Crippen LogP contribution in [0.4, 0.5) is 26.3 Å². The molecule has 0 unspecified atom stereocenters. The highest BCUT2D eigenvalue weighted by Crippen LogP contribution is 2.34. The maximum atomic E-state index is 15.2. The van der Waals surface area contributed by atoms with Crippen LogP contribution in [0.5, 0.6) is 0 Å². The van der Waals surface area contributed by atoms with E-state index in [2.05, 4.69) is 6.92 Å². The molecule has 1 heterocycles. The Morgan fingerprint density at radius 3 is 2.24 bits per heavy atom. The van der Waals surface area contributed by atoms with Gasteiger partial charge in [0.1, 0.15) is 29.1 Å². The maximum Gasteiger partial charge on any atom is 0.422 e. The van der Waals surface area contributed by atoms with Crippen LogP contribution in [0.25, 0.3) is 10.8 Å². The SMILES string of the molecule is CCCCCCOC1COC(c2ccc3c(F)c(CCc4cc(F)c(C(F)(F)F)c(F)c4)ccc3c2)OC1. The number of unbranched alkanes of at least 4 members (excludes halogenated alkanes) is 3. The van der Waals surface area contributed by atoms with Crippen LogP contribution in [0, 0.1) is 17.5 Å². The van der Waals surface area contributed by atoms with Crippen molar-refractivity contribution in [2.75, 3.05) is 19.8 Å². The number of aryl methyl sites for hydroxylation is 2. The van der Waals surface area contributed by atoms with E-state index >= 15 is 4.39 Å². The summed E-state index contributed by atoms with van der Waals surface area (Å²) in [5, 5.41) is 0.969. The van der Waals surface area contributed by atoms with E-state index in [1.807, 2.05) is 0 Å². The molecule has 0 aliphatic carbocycles. The quantitative estimate of drug-likeness (QED) is 0.192. The normalized spacial score (nSPS) is 18.3. The minimum absolute atomic E-state index is 0.0117. The van der Waals surface area contributed by atoms with Crippen molar-refractivity contribution in [3.8, 4) is 0 Å². The highest BCUT2D eigenvalue weighted by atomic mass is 19.4. The molecule has 3 aromatic rings. The zero-order valence-corrected chi connectivity index (χ0v) is 21.1. The van der Waals surface area contributed by atoms with Gasteiger partial charge in [0, 0.05) is 17.6 Å². The summed E-state index contributed by atoms with van der Waals surface area (Å²) >= 11 is 0. The Morgan fingerprint density at radius 2 is 1.58 bits per heavy atom. The molecule has 3 aromatic carbocycles. The molecule has 0 N–H and O–H groups in total. The predicted octanol–water partition coefficient (Wildman–Crippen LogP) is 8.07. The molecule has 0 radical (unpaired) electrons. The van der Waals surface area contributed by atoms with E-state index in [1.165, 1.54) is 12.8 Å². The van der Waals surface area contributed by atoms with Gasteiger partial charge in [0.05, 0.1) is 13.2 Å². The van der Waals surface area contributed by atoms with E-state index in [1.54, 1.807) is 30.3 Å². The summed E-state index contributed by atoms with van der Waals surface area (Å²) in [6.07, 6.45) is -1.33. The first-order valence-electron chi connectivity index (χ1n) is 12.8. The fraction of sp³-hybridized carbons (Fsp3) is 0.448. The van der Waals surface area contributed by atoms with Gasteiger partial charge in [-0.3, -0.25) is 0 Å². The third-order valence-electron chi connectivity index (χ3n) is 6.62. The first-order valence-corrected chi connectivity index (χ1v) is 12.8. The third-order valence-corrected chi connectivity index (χ3v) is 6.62. The zero-order chi connectivity index (χ0) is 27.3. The van der Waals surface area contributed by atoms with Gasteiger partial charge in [0.15, 0.2) is 6.29 Å². The number of halogens is 6. The molecular formula is C29H30F6O3. The Labute approximate surface area is 217 Å². The van der Waals surface area contributed by atoms with Gasteiger partial charge in [0.25, 0.3) is 0 Å². The molecular weight excluding hydrogens is 510 g/mol. The summed E-state index contributed by atoms with van der Waals surface area (Å²) in [7, 11) is 0. The van der Waals surface area contributed by atoms with Crippen LogP contribution < -0.4 is 0 Å². The smallest absolute Gasteiger partial charge is 0.373 e. The van der Waals surface area contributed by atoms with Crippen LogP contribution in [-0.4, -0.2) is 25.9 Å². The Morgan fingerprint density at radius 1 is 0.868 bits per heavy atom. The summed E-state index contributed by atoms with van der Waals surface area (Å²) in [6.45, 7) is 3.62. The molecule has 0 atom stereocenters. The number of hydrogen-bond acceptors (Lipinski definition) is 3. The lowest BCUT2D eigenvalue weighted by Crippen LogP contribution is -2.33. The Hall–Kier alpha value is -2.62. The monoisotopic (exact) mass is 540 g/mol. The van der Waals surface area contributed by atoms with Crippen LogP contribution in [0.3, 0.4) is 0 Å². The lowest BCUT2D eigenvalue weighted by Gasteiger charge is -2.29. The van der Waals surface area contributed by atoms with Crippen LogP contribution in [0.2, 0.25) is 0 Å². The van der Waals surface area contributed by atoms with E-state index in [4.69, 9.17) is 14.2 Å². The second-order valence-electron chi connectivity index (χ2n) is 9.50. The molecule has 0 bridgehead atoms. The van der Waals surface area contributed by atoms with Crippen LogP contribution in [0.15, 0.2) is 42.5 Å². The van der Waals surface area contributed by atoms with E-state index < -0.39 is 35.5 Å². The third kappa shape index (κ3) is 6.87. The van der Waals surface area contributed by atoms with Gasteiger partial charge in [-0.1, -0.05) is 50.5 Å². The van der Waals surface area contributed by atoms with Gasteiger partial charge in [-0.2, -0.15) is 13.2 Å². The van der Waals surface area contributed by atoms with Gasteiger partial charge in [-0.25, -0.2) is 13.2 Å². The molecule has 1 aliphatic heterocycles. The molecule has 0 spiro atoms. The lowest BCUT2D eigenvalue weighted by atomic mass is 9.98. The molecule has 0 saturated carbocycles. The topological polar surface area (TPSA) is 27.7 Å². The number of benzene rings is 3. The number of hydrogen-bond donors (Lipinski definition) is 0. The van der Waals surface area contributed by atoms with Gasteiger partial charge in [-0.05, 0) is 54.0 Å². The number of ether oxygens (including phenoxy) is 3. The number of fused-ring (bicyclic) bond motifs is 1. The standard InChI is InChI=1S/C29H30F6O3/c1-2-3-4-5-12-36-22-16-37-28(38-17-22)21-10-11-23-20(15-21)9-8-19(27(23)32)7-6-18-13-24(30)26(25(31)14-18)29(33,34)35/h8-11,13-15,22,28H,2-7,12,16-17H2,1H3. The first kappa shape index (κ1) is 28.4. The molecule has 4 rings (SSSR count). The fourth-order valence-corrected chi connectivity index (χ4v) is 4.57. The van der Waals surface area contributed by atoms with Crippen molar-refractivity contribution in [1.29, 1.82) is 0 Å². The molecule has 0 aromatic heterocycles. The van der Waals surface area contributed by atoms with Gasteiger partial charge >= 0.3 is 6.18 Å². The van der Waals surface area contributed by atoms with Crippen molar-refractivity contribution in [1.82, 2.24) is 0 Å². The Balaban J connectivity index is 1.37. The molecule has 38 heavy (non-hydrogen) atoms. The summed E-state index contributed by atoms with van der Waals surface area (Å²) in [5.41, 5.74) is -0.889. The second-order valence-corrected chi connectivity index (χ2v) is 9.50. The van der Waals surface area contributed by atoms with Crippen molar-refractivity contribution >= 4 is 10.8 Å². The van der Waals surface area contributed by atoms with Crippen molar-refractivity contribution in [3.05, 3.63) is 82.2 Å². The van der Waals surface area contributed by atoms with Crippen molar-refractivity contribution in [2.24, 2.45) is 0 Å². The number of alkyl halides is 3. The van der Waals surface area contributed by atoms with Crippen LogP contribution in [-0.2, 0) is 33.2 Å². The summed E-state index contributed by atoms with van der Waals surface area (Å²) in [6, 6.07) is 9.67. The van der Waals surface area contributed by atoms with Crippen LogP contribution >= 0.6 is 0 Å². The van der Waals surface area contributed by atoms with Crippen molar-refractivity contribution in [2.45, 2.75) is 64.0 Å². The minimum atomic E-state index is -5.13. The van der Waals surface area contributed by atoms with Crippen LogP contribution in [0.1, 0.15) is 61.2 Å². The highest BCUT2D eigenvalue weighted by molar-refractivity contribution is 5.84. The minimum Gasteiger partial charge on any atom is -0.373 e. The van der Waals surface area contributed by atoms with Gasteiger partial charge in [-0.15, -0.1) is 0 Å². The van der Waals surface area contributed by atoms with E-state index in [0.29, 0.717) is 42.7 Å². The zero-order valence-electron chi connectivity index (χ0n) is 21.1. The van der Waals surface area contributed by atoms with E-state index in [0.717, 1.165) is 18.4 Å². The predicted molar refractivity (Wildman–Crippen MR) is 131 cm³/mol.